The van der Waals surface area contributed by atoms with Crippen LogP contribution in [0.15, 0.2) is 42.5 Å². The van der Waals surface area contributed by atoms with E-state index in [2.05, 4.69) is 20.8 Å². The quantitative estimate of drug-likeness (QED) is 0.878. The Morgan fingerprint density at radius 3 is 2.36 bits per heavy atom. The van der Waals surface area contributed by atoms with E-state index in [1.165, 1.54) is 6.92 Å². The molecule has 2 amide bonds. The van der Waals surface area contributed by atoms with Crippen molar-refractivity contribution in [2.45, 2.75) is 38.6 Å². The number of carbonyl (C=O) groups is 2. The zero-order valence-corrected chi connectivity index (χ0v) is 14.2. The fourth-order valence-electron chi connectivity index (χ4n) is 3.27. The molecule has 1 fully saturated rings. The summed E-state index contributed by atoms with van der Waals surface area (Å²) in [5.74, 6) is 0.139. The Labute approximate surface area is 147 Å². The first-order valence-electron chi connectivity index (χ1n) is 8.60. The number of amides is 2. The summed E-state index contributed by atoms with van der Waals surface area (Å²) in [5.41, 5.74) is 1.71. The molecule has 3 rings (SSSR count). The van der Waals surface area contributed by atoms with E-state index in [0.29, 0.717) is 5.82 Å². The highest BCUT2D eigenvalue weighted by molar-refractivity contribution is 5.96. The second-order valence-electron chi connectivity index (χ2n) is 6.38. The molecule has 6 heteroatoms. The molecule has 130 valence electrons. The Morgan fingerprint density at radius 2 is 1.76 bits per heavy atom. The molecule has 1 atom stereocenters. The molecule has 2 aromatic rings. The molecule has 0 bridgehead atoms. The maximum Gasteiger partial charge on any atom is 0.248 e. The summed E-state index contributed by atoms with van der Waals surface area (Å²) in [6.07, 6.45) is 4.10. The van der Waals surface area contributed by atoms with Crippen LogP contribution in [0.3, 0.4) is 0 Å². The van der Waals surface area contributed by atoms with E-state index in [1.807, 2.05) is 36.4 Å². The minimum atomic E-state index is -0.518. The maximum atomic E-state index is 12.6. The standard InChI is InChI=1S/C19H22N4O2/c1-13(24)20-18(15-9-5-6-10-15)19(25)21-17-12-11-16(22-23-17)14-7-3-2-4-8-14/h2-4,7-8,11-12,15,18H,5-6,9-10H2,1H3,(H,20,24)(H,21,23,25)/t18-/m1/s1. The minimum absolute atomic E-state index is 0.181. The van der Waals surface area contributed by atoms with Gasteiger partial charge in [-0.15, -0.1) is 10.2 Å². The summed E-state index contributed by atoms with van der Waals surface area (Å²) in [7, 11) is 0. The van der Waals surface area contributed by atoms with Crippen LogP contribution in [0.5, 0.6) is 0 Å². The number of aromatic nitrogens is 2. The topological polar surface area (TPSA) is 84.0 Å². The summed E-state index contributed by atoms with van der Waals surface area (Å²) in [4.78, 5) is 24.0. The van der Waals surface area contributed by atoms with Gasteiger partial charge in [0.25, 0.3) is 0 Å². The summed E-state index contributed by atoms with van der Waals surface area (Å²) in [6, 6.07) is 12.8. The summed E-state index contributed by atoms with van der Waals surface area (Å²) < 4.78 is 0. The number of nitrogens with zero attached hydrogens (tertiary/aromatic N) is 2. The zero-order valence-electron chi connectivity index (χ0n) is 14.2. The Bertz CT molecular complexity index is 725. The van der Waals surface area contributed by atoms with Crippen LogP contribution in [0.2, 0.25) is 0 Å². The lowest BCUT2D eigenvalue weighted by atomic mass is 9.97. The molecular weight excluding hydrogens is 316 g/mol. The van der Waals surface area contributed by atoms with Gasteiger partial charge in [0.05, 0.1) is 5.69 Å². The molecule has 2 N–H and O–H groups in total. The van der Waals surface area contributed by atoms with Crippen LogP contribution < -0.4 is 10.6 Å². The van der Waals surface area contributed by atoms with E-state index < -0.39 is 6.04 Å². The van der Waals surface area contributed by atoms with Crippen molar-refractivity contribution in [3.8, 4) is 11.3 Å². The Kier molecular flexibility index (Phi) is 5.38. The van der Waals surface area contributed by atoms with Crippen molar-refractivity contribution in [3.05, 3.63) is 42.5 Å². The van der Waals surface area contributed by atoms with Gasteiger partial charge in [-0.05, 0) is 30.9 Å². The van der Waals surface area contributed by atoms with Gasteiger partial charge < -0.3 is 10.6 Å². The number of hydrogen-bond acceptors (Lipinski definition) is 4. The molecule has 1 saturated carbocycles. The lowest BCUT2D eigenvalue weighted by Gasteiger charge is -2.22. The van der Waals surface area contributed by atoms with Crippen molar-refractivity contribution in [2.75, 3.05) is 5.32 Å². The average molecular weight is 338 g/mol. The van der Waals surface area contributed by atoms with Crippen LogP contribution in [-0.2, 0) is 9.59 Å². The molecule has 6 nitrogen and oxygen atoms in total. The van der Waals surface area contributed by atoms with E-state index in [9.17, 15) is 9.59 Å². The van der Waals surface area contributed by atoms with E-state index >= 15 is 0 Å². The highest BCUT2D eigenvalue weighted by Crippen LogP contribution is 2.28. The molecule has 1 aliphatic rings. The average Bonchev–Trinajstić information content (AvgIpc) is 3.15. The lowest BCUT2D eigenvalue weighted by molar-refractivity contribution is -0.126. The van der Waals surface area contributed by atoms with Crippen LogP contribution in [0.4, 0.5) is 5.82 Å². The number of carbonyl (C=O) groups excluding carboxylic acids is 2. The molecule has 25 heavy (non-hydrogen) atoms. The largest absolute Gasteiger partial charge is 0.344 e. The van der Waals surface area contributed by atoms with E-state index in [-0.39, 0.29) is 17.7 Å². The first-order valence-corrected chi connectivity index (χ1v) is 8.60. The first-order chi connectivity index (χ1) is 12.1. The van der Waals surface area contributed by atoms with Crippen molar-refractivity contribution >= 4 is 17.6 Å². The molecular formula is C19H22N4O2. The number of benzene rings is 1. The first kappa shape index (κ1) is 17.1. The second-order valence-corrected chi connectivity index (χ2v) is 6.38. The third-order valence-corrected chi connectivity index (χ3v) is 4.50. The van der Waals surface area contributed by atoms with Gasteiger partial charge in [-0.2, -0.15) is 0 Å². The Hall–Kier alpha value is -2.76. The fourth-order valence-corrected chi connectivity index (χ4v) is 3.27. The van der Waals surface area contributed by atoms with Gasteiger partial charge in [0.2, 0.25) is 11.8 Å². The number of hydrogen-bond donors (Lipinski definition) is 2. The Balaban J connectivity index is 1.69. The molecule has 1 aromatic heterocycles. The van der Waals surface area contributed by atoms with Gasteiger partial charge in [-0.1, -0.05) is 43.2 Å². The van der Waals surface area contributed by atoms with Gasteiger partial charge in [0, 0.05) is 12.5 Å². The molecule has 1 heterocycles. The number of nitrogens with one attached hydrogen (secondary N) is 2. The second kappa shape index (κ2) is 7.88. The highest BCUT2D eigenvalue weighted by atomic mass is 16.2. The predicted octanol–water partition coefficient (Wildman–Crippen LogP) is 2.78. The maximum absolute atomic E-state index is 12.6. The smallest absolute Gasteiger partial charge is 0.248 e. The number of rotatable bonds is 5. The SMILES string of the molecule is CC(=O)N[C@@H](C(=O)Nc1ccc(-c2ccccc2)nn1)C1CCCC1. The molecule has 0 aliphatic heterocycles. The molecule has 1 aromatic carbocycles. The summed E-state index contributed by atoms with van der Waals surface area (Å²) >= 11 is 0. The molecule has 0 unspecified atom stereocenters. The lowest BCUT2D eigenvalue weighted by Crippen LogP contribution is -2.47. The van der Waals surface area contributed by atoms with Crippen LogP contribution >= 0.6 is 0 Å². The Morgan fingerprint density at radius 1 is 1.04 bits per heavy atom. The van der Waals surface area contributed by atoms with Gasteiger partial charge in [0.15, 0.2) is 5.82 Å². The van der Waals surface area contributed by atoms with E-state index in [4.69, 9.17) is 0 Å². The third kappa shape index (κ3) is 4.41. The van der Waals surface area contributed by atoms with Gasteiger partial charge >= 0.3 is 0 Å². The van der Waals surface area contributed by atoms with E-state index in [1.54, 1.807) is 6.07 Å². The highest BCUT2D eigenvalue weighted by Gasteiger charge is 2.31. The summed E-state index contributed by atoms with van der Waals surface area (Å²) in [5, 5.41) is 13.8. The van der Waals surface area contributed by atoms with Crippen LogP contribution in [0, 0.1) is 5.92 Å². The fraction of sp³-hybridized carbons (Fsp3) is 0.368. The van der Waals surface area contributed by atoms with Crippen molar-refractivity contribution in [1.82, 2.24) is 15.5 Å². The number of anilines is 1. The van der Waals surface area contributed by atoms with Crippen molar-refractivity contribution in [3.63, 3.8) is 0 Å². The van der Waals surface area contributed by atoms with Crippen LogP contribution in [0.1, 0.15) is 32.6 Å². The van der Waals surface area contributed by atoms with Crippen molar-refractivity contribution in [2.24, 2.45) is 5.92 Å². The molecule has 0 spiro atoms. The van der Waals surface area contributed by atoms with E-state index in [0.717, 1.165) is 36.9 Å². The molecule has 1 aliphatic carbocycles. The van der Waals surface area contributed by atoms with Gasteiger partial charge in [-0.3, -0.25) is 9.59 Å². The van der Waals surface area contributed by atoms with Gasteiger partial charge in [0.1, 0.15) is 6.04 Å². The van der Waals surface area contributed by atoms with Crippen molar-refractivity contribution < 1.29 is 9.59 Å². The van der Waals surface area contributed by atoms with Crippen LogP contribution in [0.25, 0.3) is 11.3 Å². The normalized spacial score (nSPS) is 15.6. The zero-order chi connectivity index (χ0) is 17.6. The molecule has 0 saturated heterocycles. The third-order valence-electron chi connectivity index (χ3n) is 4.50. The minimum Gasteiger partial charge on any atom is -0.344 e. The van der Waals surface area contributed by atoms with Crippen molar-refractivity contribution in [1.29, 1.82) is 0 Å². The van der Waals surface area contributed by atoms with Gasteiger partial charge in [-0.25, -0.2) is 0 Å². The molecule has 0 radical (unpaired) electrons. The summed E-state index contributed by atoms with van der Waals surface area (Å²) in [6.45, 7) is 1.43. The predicted molar refractivity (Wildman–Crippen MR) is 95.7 cm³/mol. The monoisotopic (exact) mass is 338 g/mol. The van der Waals surface area contributed by atoms with Crippen LogP contribution in [-0.4, -0.2) is 28.1 Å².